The molecule has 2 aliphatic rings. The van der Waals surface area contributed by atoms with Crippen molar-refractivity contribution in [2.24, 2.45) is 22.7 Å². The van der Waals surface area contributed by atoms with Gasteiger partial charge >= 0.3 is 0 Å². The van der Waals surface area contributed by atoms with Crippen LogP contribution in [0.25, 0.3) is 0 Å². The highest BCUT2D eigenvalue weighted by atomic mass is 16.5. The summed E-state index contributed by atoms with van der Waals surface area (Å²) in [6.45, 7) is 19.9. The Hall–Kier alpha value is -1.06. The second-order valence-electron chi connectivity index (χ2n) is 10.3. The van der Waals surface area contributed by atoms with Crippen LogP contribution < -0.4 is 0 Å². The molecule has 2 heterocycles. The summed E-state index contributed by atoms with van der Waals surface area (Å²) in [7, 11) is 0. The Balaban J connectivity index is 1.87. The molecule has 0 aliphatic carbocycles. The number of aromatic hydroxyl groups is 1. The maximum atomic E-state index is 10.8. The molecule has 4 atom stereocenters. The van der Waals surface area contributed by atoms with Gasteiger partial charge in [0.05, 0.1) is 24.4 Å². The number of hydrogen-bond donors (Lipinski definition) is 1. The minimum absolute atomic E-state index is 0.0224. The number of rotatable bonds is 4. The molecule has 0 aromatic heterocycles. The van der Waals surface area contributed by atoms with E-state index >= 15 is 0 Å². The number of ether oxygens (including phenoxy) is 2. The van der Waals surface area contributed by atoms with Crippen molar-refractivity contribution in [3.8, 4) is 5.75 Å². The molecule has 0 amide bonds. The van der Waals surface area contributed by atoms with Crippen LogP contribution in [0.2, 0.25) is 0 Å². The van der Waals surface area contributed by atoms with Crippen molar-refractivity contribution >= 4 is 0 Å². The Labute approximate surface area is 159 Å². The number of hydrogen-bond acceptors (Lipinski definition) is 3. The molecule has 0 bridgehead atoms. The molecule has 0 radical (unpaired) electrons. The fourth-order valence-corrected chi connectivity index (χ4v) is 5.36. The molecule has 0 saturated carbocycles. The van der Waals surface area contributed by atoms with E-state index in [-0.39, 0.29) is 35.2 Å². The first kappa shape index (κ1) is 19.7. The first-order valence-corrected chi connectivity index (χ1v) is 10.0. The third-order valence-electron chi connectivity index (χ3n) is 6.57. The highest BCUT2D eigenvalue weighted by Gasteiger charge is 2.54. The average molecular weight is 361 g/mol. The van der Waals surface area contributed by atoms with Crippen LogP contribution in [0.4, 0.5) is 0 Å². The molecular weight excluding hydrogens is 324 g/mol. The molecule has 4 unspecified atom stereocenters. The zero-order valence-corrected chi connectivity index (χ0v) is 17.9. The lowest BCUT2D eigenvalue weighted by Gasteiger charge is -2.55. The Kier molecular flexibility index (Phi) is 4.73. The number of aryl methyl sites for hydroxylation is 1. The minimum atomic E-state index is -0.0543. The highest BCUT2D eigenvalue weighted by Crippen LogP contribution is 2.58. The summed E-state index contributed by atoms with van der Waals surface area (Å²) in [5.41, 5.74) is 3.28. The lowest BCUT2D eigenvalue weighted by Crippen LogP contribution is -2.53. The maximum Gasteiger partial charge on any atom is 0.121 e. The van der Waals surface area contributed by atoms with E-state index < -0.39 is 0 Å². The van der Waals surface area contributed by atoms with Gasteiger partial charge in [0.15, 0.2) is 0 Å². The van der Waals surface area contributed by atoms with Gasteiger partial charge in [-0.1, -0.05) is 55.4 Å². The van der Waals surface area contributed by atoms with Crippen molar-refractivity contribution in [1.29, 1.82) is 0 Å². The van der Waals surface area contributed by atoms with E-state index in [1.807, 2.05) is 6.07 Å². The summed E-state index contributed by atoms with van der Waals surface area (Å²) in [5, 5.41) is 10.8. The van der Waals surface area contributed by atoms with Gasteiger partial charge in [-0.05, 0) is 42.0 Å². The molecule has 146 valence electrons. The standard InChI is InChI=1S/C23H36O3/c1-12(2)18-22(6,7)20(25-18)15-11-17(24)16(10-14(15)5)21-23(8,9)19(26-21)13(3)4/h10-13,18-21,24H,1-9H3. The lowest BCUT2D eigenvalue weighted by molar-refractivity contribution is -0.257. The predicted molar refractivity (Wildman–Crippen MR) is 105 cm³/mol. The monoisotopic (exact) mass is 360 g/mol. The second-order valence-corrected chi connectivity index (χ2v) is 10.3. The largest absolute Gasteiger partial charge is 0.508 e. The molecule has 3 heteroatoms. The highest BCUT2D eigenvalue weighted by molar-refractivity contribution is 5.46. The number of phenolic OH excluding ortho intramolecular Hbond substituents is 1. The van der Waals surface area contributed by atoms with E-state index in [2.05, 4.69) is 68.4 Å². The minimum Gasteiger partial charge on any atom is -0.508 e. The topological polar surface area (TPSA) is 38.7 Å². The van der Waals surface area contributed by atoms with E-state index in [0.717, 1.165) is 11.1 Å². The van der Waals surface area contributed by atoms with Crippen LogP contribution in [0.1, 0.15) is 84.3 Å². The summed E-state index contributed by atoms with van der Waals surface area (Å²) >= 11 is 0. The average Bonchev–Trinajstić information content (AvgIpc) is 2.48. The quantitative estimate of drug-likeness (QED) is 0.721. The third kappa shape index (κ3) is 2.79. The van der Waals surface area contributed by atoms with Crippen molar-refractivity contribution in [3.63, 3.8) is 0 Å². The van der Waals surface area contributed by atoms with Gasteiger partial charge in [-0.2, -0.15) is 0 Å². The Bertz CT molecular complexity index is 627. The molecule has 2 aliphatic heterocycles. The predicted octanol–water partition coefficient (Wildman–Crippen LogP) is 5.94. The molecule has 3 nitrogen and oxygen atoms in total. The second kappa shape index (κ2) is 6.24. The zero-order chi connectivity index (χ0) is 19.6. The SMILES string of the molecule is Cc1cc(C2OC(C(C)C)C2(C)C)c(O)cc1C1OC(C(C)C)C1(C)C. The van der Waals surface area contributed by atoms with Gasteiger partial charge < -0.3 is 14.6 Å². The van der Waals surface area contributed by atoms with Crippen molar-refractivity contribution in [1.82, 2.24) is 0 Å². The number of benzene rings is 1. The van der Waals surface area contributed by atoms with E-state index in [9.17, 15) is 5.11 Å². The lowest BCUT2D eigenvalue weighted by atomic mass is 9.66. The third-order valence-corrected chi connectivity index (χ3v) is 6.57. The van der Waals surface area contributed by atoms with Crippen LogP contribution in [-0.2, 0) is 9.47 Å². The molecule has 0 spiro atoms. The molecule has 1 aromatic rings. The van der Waals surface area contributed by atoms with Gasteiger partial charge in [0.1, 0.15) is 5.75 Å². The molecule has 2 fully saturated rings. The van der Waals surface area contributed by atoms with E-state index in [0.29, 0.717) is 17.6 Å². The van der Waals surface area contributed by atoms with Gasteiger partial charge in [-0.25, -0.2) is 0 Å². The van der Waals surface area contributed by atoms with Crippen molar-refractivity contribution in [3.05, 3.63) is 28.8 Å². The summed E-state index contributed by atoms with van der Waals surface area (Å²) in [6.07, 6.45) is 0.469. The first-order chi connectivity index (χ1) is 11.9. The maximum absolute atomic E-state index is 10.8. The van der Waals surface area contributed by atoms with Crippen molar-refractivity contribution in [2.75, 3.05) is 0 Å². The molecule has 3 rings (SSSR count). The van der Waals surface area contributed by atoms with Gasteiger partial charge in [-0.3, -0.25) is 0 Å². The summed E-state index contributed by atoms with van der Waals surface area (Å²) in [4.78, 5) is 0. The van der Waals surface area contributed by atoms with E-state index in [1.165, 1.54) is 5.56 Å². The van der Waals surface area contributed by atoms with Crippen molar-refractivity contribution < 1.29 is 14.6 Å². The first-order valence-electron chi connectivity index (χ1n) is 10.0. The molecular formula is C23H36O3. The van der Waals surface area contributed by atoms with E-state index in [1.54, 1.807) is 0 Å². The fourth-order valence-electron chi connectivity index (χ4n) is 5.36. The van der Waals surface area contributed by atoms with Crippen molar-refractivity contribution in [2.45, 2.75) is 86.7 Å². The van der Waals surface area contributed by atoms with Crippen LogP contribution in [0, 0.1) is 29.6 Å². The van der Waals surface area contributed by atoms with Gasteiger partial charge in [0.25, 0.3) is 0 Å². The van der Waals surface area contributed by atoms with Crippen LogP contribution in [0.15, 0.2) is 12.1 Å². The summed E-state index contributed by atoms with van der Waals surface area (Å²) in [6, 6.07) is 4.02. The number of phenols is 1. The van der Waals surface area contributed by atoms with Crippen LogP contribution >= 0.6 is 0 Å². The van der Waals surface area contributed by atoms with Crippen LogP contribution in [-0.4, -0.2) is 17.3 Å². The Morgan fingerprint density at radius 2 is 1.23 bits per heavy atom. The smallest absolute Gasteiger partial charge is 0.121 e. The molecule has 26 heavy (non-hydrogen) atoms. The summed E-state index contributed by atoms with van der Waals surface area (Å²) in [5.74, 6) is 1.30. The van der Waals surface area contributed by atoms with Gasteiger partial charge in [0.2, 0.25) is 0 Å². The molecule has 1 aromatic carbocycles. The van der Waals surface area contributed by atoms with Crippen LogP contribution in [0.5, 0.6) is 5.75 Å². The Morgan fingerprint density at radius 1 is 0.808 bits per heavy atom. The van der Waals surface area contributed by atoms with Crippen LogP contribution in [0.3, 0.4) is 0 Å². The van der Waals surface area contributed by atoms with Gasteiger partial charge in [-0.15, -0.1) is 0 Å². The summed E-state index contributed by atoms with van der Waals surface area (Å²) < 4.78 is 12.4. The Morgan fingerprint density at radius 3 is 1.62 bits per heavy atom. The molecule has 1 N–H and O–H groups in total. The fraction of sp³-hybridized carbons (Fsp3) is 0.739. The van der Waals surface area contributed by atoms with E-state index in [4.69, 9.17) is 9.47 Å². The van der Waals surface area contributed by atoms with Gasteiger partial charge in [0, 0.05) is 16.4 Å². The zero-order valence-electron chi connectivity index (χ0n) is 17.9. The normalized spacial score (nSPS) is 32.4. The molecule has 2 saturated heterocycles.